The van der Waals surface area contributed by atoms with E-state index < -0.39 is 0 Å². The molecule has 1 heterocycles. The molecule has 152 valence electrons. The van der Waals surface area contributed by atoms with E-state index in [0.29, 0.717) is 18.8 Å². The molecule has 0 N–H and O–H groups in total. The maximum atomic E-state index is 8.87. The molecule has 0 saturated carbocycles. The van der Waals surface area contributed by atoms with E-state index in [4.69, 9.17) is 19.5 Å². The van der Waals surface area contributed by atoms with Crippen LogP contribution < -0.4 is 14.4 Å². The molecule has 1 aliphatic rings. The highest BCUT2D eigenvalue weighted by molar-refractivity contribution is 5.51. The van der Waals surface area contributed by atoms with Crippen molar-refractivity contribution in [1.82, 2.24) is 0 Å². The van der Waals surface area contributed by atoms with Gasteiger partial charge in [0.2, 0.25) is 0 Å². The molecule has 0 radical (unpaired) electrons. The zero-order valence-electron chi connectivity index (χ0n) is 16.8. The number of nitriles is 1. The lowest BCUT2D eigenvalue weighted by atomic mass is 10.1. The third-order valence-electron chi connectivity index (χ3n) is 4.98. The zero-order chi connectivity index (χ0) is 20.6. The van der Waals surface area contributed by atoms with Crippen molar-refractivity contribution in [2.24, 2.45) is 0 Å². The molecule has 0 aliphatic carbocycles. The minimum Gasteiger partial charge on any atom is -0.489 e. The first-order chi connectivity index (χ1) is 14.8. The maximum absolute atomic E-state index is 8.87. The van der Waals surface area contributed by atoms with Crippen LogP contribution in [0.4, 0.5) is 5.69 Å². The summed E-state index contributed by atoms with van der Waals surface area (Å²) >= 11 is 0. The van der Waals surface area contributed by atoms with Crippen LogP contribution in [0.25, 0.3) is 0 Å². The van der Waals surface area contributed by atoms with E-state index >= 15 is 0 Å². The SMILES string of the molecule is N#Cc1ccc(OCc2cccc(COc3cccc(N4CCOCC4)c3)c2)cc1. The fraction of sp³-hybridized carbons (Fsp3) is 0.240. The highest BCUT2D eigenvalue weighted by atomic mass is 16.5. The molecule has 4 rings (SSSR count). The Kier molecular flexibility index (Phi) is 6.48. The van der Waals surface area contributed by atoms with E-state index in [-0.39, 0.29) is 0 Å². The molecule has 0 spiro atoms. The highest BCUT2D eigenvalue weighted by Gasteiger charge is 2.11. The van der Waals surface area contributed by atoms with Crippen LogP contribution in [0, 0.1) is 11.3 Å². The van der Waals surface area contributed by atoms with Crippen LogP contribution in [0.15, 0.2) is 72.8 Å². The molecular formula is C25H24N2O3. The number of nitrogens with zero attached hydrogens (tertiary/aromatic N) is 2. The summed E-state index contributed by atoms with van der Waals surface area (Å²) in [5.41, 5.74) is 3.95. The minimum absolute atomic E-state index is 0.465. The number of hydrogen-bond donors (Lipinski definition) is 0. The Balaban J connectivity index is 1.33. The second-order valence-corrected chi connectivity index (χ2v) is 7.13. The molecule has 1 saturated heterocycles. The molecule has 0 atom stereocenters. The molecule has 3 aromatic carbocycles. The first-order valence-electron chi connectivity index (χ1n) is 10.1. The predicted octanol–water partition coefficient (Wildman–Crippen LogP) is 4.55. The molecule has 3 aromatic rings. The molecule has 5 heteroatoms. The summed E-state index contributed by atoms with van der Waals surface area (Å²) in [5.74, 6) is 1.61. The van der Waals surface area contributed by atoms with Crippen molar-refractivity contribution in [2.75, 3.05) is 31.2 Å². The summed E-state index contributed by atoms with van der Waals surface area (Å²) in [7, 11) is 0. The highest BCUT2D eigenvalue weighted by Crippen LogP contribution is 2.23. The third-order valence-corrected chi connectivity index (χ3v) is 4.98. The van der Waals surface area contributed by atoms with Gasteiger partial charge in [-0.15, -0.1) is 0 Å². The van der Waals surface area contributed by atoms with E-state index in [0.717, 1.165) is 48.9 Å². The standard InChI is InChI=1S/C25H24N2O3/c26-17-20-7-9-24(10-8-20)29-18-21-3-1-4-22(15-21)19-30-25-6-2-5-23(16-25)27-11-13-28-14-12-27/h1-10,15-16H,11-14,18-19H2. The first-order valence-corrected chi connectivity index (χ1v) is 10.1. The van der Waals surface area contributed by atoms with Crippen molar-refractivity contribution in [1.29, 1.82) is 5.26 Å². The lowest BCUT2D eigenvalue weighted by Gasteiger charge is -2.29. The third kappa shape index (κ3) is 5.31. The van der Waals surface area contributed by atoms with E-state index in [1.807, 2.05) is 36.4 Å². The maximum Gasteiger partial charge on any atom is 0.121 e. The van der Waals surface area contributed by atoms with Crippen LogP contribution >= 0.6 is 0 Å². The Labute approximate surface area is 177 Å². The Morgan fingerprint density at radius 3 is 2.17 bits per heavy atom. The van der Waals surface area contributed by atoms with Gasteiger partial charge in [0.05, 0.1) is 24.8 Å². The zero-order valence-corrected chi connectivity index (χ0v) is 16.8. The Hall–Kier alpha value is -3.49. The molecular weight excluding hydrogens is 376 g/mol. The van der Waals surface area contributed by atoms with Gasteiger partial charge in [0, 0.05) is 24.8 Å². The number of ether oxygens (including phenoxy) is 3. The van der Waals surface area contributed by atoms with Gasteiger partial charge in [-0.1, -0.05) is 24.3 Å². The molecule has 1 aliphatic heterocycles. The molecule has 0 bridgehead atoms. The fourth-order valence-electron chi connectivity index (χ4n) is 3.36. The van der Waals surface area contributed by atoms with Gasteiger partial charge in [-0.3, -0.25) is 0 Å². The van der Waals surface area contributed by atoms with Gasteiger partial charge < -0.3 is 19.1 Å². The molecule has 1 fully saturated rings. The average Bonchev–Trinajstić information content (AvgIpc) is 2.83. The van der Waals surface area contributed by atoms with Crippen molar-refractivity contribution in [3.8, 4) is 17.6 Å². The van der Waals surface area contributed by atoms with E-state index in [2.05, 4.69) is 35.2 Å². The lowest BCUT2D eigenvalue weighted by molar-refractivity contribution is 0.122. The van der Waals surface area contributed by atoms with Gasteiger partial charge in [-0.05, 0) is 53.6 Å². The summed E-state index contributed by atoms with van der Waals surface area (Å²) in [6, 6.07) is 25.6. The molecule has 0 amide bonds. The number of benzene rings is 3. The van der Waals surface area contributed by atoms with Gasteiger partial charge in [-0.2, -0.15) is 5.26 Å². The quantitative estimate of drug-likeness (QED) is 0.582. The lowest BCUT2D eigenvalue weighted by Crippen LogP contribution is -2.36. The minimum atomic E-state index is 0.465. The van der Waals surface area contributed by atoms with Crippen LogP contribution in [0.1, 0.15) is 16.7 Å². The number of anilines is 1. The number of hydrogen-bond acceptors (Lipinski definition) is 5. The van der Waals surface area contributed by atoms with Crippen molar-refractivity contribution in [2.45, 2.75) is 13.2 Å². The summed E-state index contributed by atoms with van der Waals surface area (Å²) in [6.07, 6.45) is 0. The van der Waals surface area contributed by atoms with Crippen LogP contribution in [-0.2, 0) is 18.0 Å². The Morgan fingerprint density at radius 1 is 0.800 bits per heavy atom. The molecule has 0 unspecified atom stereocenters. The monoisotopic (exact) mass is 400 g/mol. The first kappa shape index (κ1) is 19.8. The average molecular weight is 400 g/mol. The smallest absolute Gasteiger partial charge is 0.121 e. The van der Waals surface area contributed by atoms with Gasteiger partial charge in [-0.25, -0.2) is 0 Å². The van der Waals surface area contributed by atoms with Gasteiger partial charge in [0.1, 0.15) is 24.7 Å². The summed E-state index contributed by atoms with van der Waals surface area (Å²) in [4.78, 5) is 2.32. The van der Waals surface area contributed by atoms with E-state index in [1.165, 1.54) is 5.69 Å². The number of morpholine rings is 1. The van der Waals surface area contributed by atoms with Crippen LogP contribution in [0.3, 0.4) is 0 Å². The molecule has 5 nitrogen and oxygen atoms in total. The topological polar surface area (TPSA) is 54.7 Å². The molecule has 0 aromatic heterocycles. The van der Waals surface area contributed by atoms with Gasteiger partial charge in [0.15, 0.2) is 0 Å². The van der Waals surface area contributed by atoms with Crippen LogP contribution in [0.2, 0.25) is 0 Å². The van der Waals surface area contributed by atoms with Gasteiger partial charge >= 0.3 is 0 Å². The van der Waals surface area contributed by atoms with Crippen LogP contribution in [-0.4, -0.2) is 26.3 Å². The van der Waals surface area contributed by atoms with Crippen molar-refractivity contribution in [3.05, 3.63) is 89.5 Å². The number of rotatable bonds is 7. The van der Waals surface area contributed by atoms with Crippen molar-refractivity contribution in [3.63, 3.8) is 0 Å². The molecule has 30 heavy (non-hydrogen) atoms. The van der Waals surface area contributed by atoms with Crippen molar-refractivity contribution >= 4 is 5.69 Å². The predicted molar refractivity (Wildman–Crippen MR) is 116 cm³/mol. The summed E-state index contributed by atoms with van der Waals surface area (Å²) in [6.45, 7) is 4.31. The largest absolute Gasteiger partial charge is 0.489 e. The van der Waals surface area contributed by atoms with Crippen molar-refractivity contribution < 1.29 is 14.2 Å². The van der Waals surface area contributed by atoms with Crippen LogP contribution in [0.5, 0.6) is 11.5 Å². The van der Waals surface area contributed by atoms with Gasteiger partial charge in [0.25, 0.3) is 0 Å². The fourth-order valence-corrected chi connectivity index (χ4v) is 3.36. The van der Waals surface area contributed by atoms with E-state index in [9.17, 15) is 0 Å². The van der Waals surface area contributed by atoms with E-state index in [1.54, 1.807) is 12.1 Å². The summed E-state index contributed by atoms with van der Waals surface area (Å²) < 4.78 is 17.3. The second kappa shape index (κ2) is 9.82. The summed E-state index contributed by atoms with van der Waals surface area (Å²) in [5, 5.41) is 8.87. The normalized spacial score (nSPS) is 13.5. The Bertz CT molecular complexity index is 1010. The second-order valence-electron chi connectivity index (χ2n) is 7.13. The Morgan fingerprint density at radius 2 is 1.47 bits per heavy atom.